The summed E-state index contributed by atoms with van der Waals surface area (Å²) in [6.07, 6.45) is 14.4. The van der Waals surface area contributed by atoms with Gasteiger partial charge in [0.25, 0.3) is 0 Å². The maximum absolute atomic E-state index is 15.0. The molecule has 2 aromatic carbocycles. The number of allylic oxidation sites excluding steroid dienone is 4. The minimum atomic E-state index is -4.47. The summed E-state index contributed by atoms with van der Waals surface area (Å²) >= 11 is 0. The Labute approximate surface area is 239 Å². The molecule has 2 aromatic rings. The van der Waals surface area contributed by atoms with E-state index in [1.165, 1.54) is 51.4 Å². The van der Waals surface area contributed by atoms with E-state index in [-0.39, 0.29) is 17.6 Å². The van der Waals surface area contributed by atoms with Crippen LogP contribution in [-0.2, 0) is 5.41 Å². The molecule has 0 heterocycles. The Morgan fingerprint density at radius 3 is 1.62 bits per heavy atom. The van der Waals surface area contributed by atoms with Crippen LogP contribution in [0.5, 0.6) is 11.5 Å². The molecule has 0 fully saturated rings. The molecule has 0 saturated heterocycles. The summed E-state index contributed by atoms with van der Waals surface area (Å²) in [7, 11) is 0. The molecule has 0 aliphatic heterocycles. The Morgan fingerprint density at radius 1 is 0.650 bits per heavy atom. The molecular formula is C35H47F3O2. The maximum atomic E-state index is 15.0. The Kier molecular flexibility index (Phi) is 13.2. The van der Waals surface area contributed by atoms with Crippen molar-refractivity contribution < 1.29 is 22.6 Å². The van der Waals surface area contributed by atoms with Gasteiger partial charge < -0.3 is 9.47 Å². The second-order valence-electron chi connectivity index (χ2n) is 10.9. The average molecular weight is 557 g/mol. The molecule has 220 valence electrons. The van der Waals surface area contributed by atoms with Crippen LogP contribution in [0.25, 0.3) is 5.57 Å². The number of hydrogen-bond acceptors (Lipinski definition) is 2. The van der Waals surface area contributed by atoms with Crippen molar-refractivity contribution in [2.45, 2.75) is 109 Å². The fourth-order valence-electron chi connectivity index (χ4n) is 5.42. The number of hydrogen-bond donors (Lipinski definition) is 0. The van der Waals surface area contributed by atoms with Crippen molar-refractivity contribution in [3.63, 3.8) is 0 Å². The lowest BCUT2D eigenvalue weighted by atomic mass is 9.67. The summed E-state index contributed by atoms with van der Waals surface area (Å²) in [5.41, 5.74) is -1.09. The zero-order chi connectivity index (χ0) is 28.7. The summed E-state index contributed by atoms with van der Waals surface area (Å²) in [5.74, 6) is 1.30. The molecule has 0 saturated carbocycles. The molecule has 0 bridgehead atoms. The molecule has 40 heavy (non-hydrogen) atoms. The van der Waals surface area contributed by atoms with E-state index in [9.17, 15) is 13.2 Å². The average Bonchev–Trinajstić information content (AvgIpc) is 2.96. The van der Waals surface area contributed by atoms with Gasteiger partial charge in [-0.25, -0.2) is 0 Å². The number of alkyl halides is 3. The van der Waals surface area contributed by atoms with Gasteiger partial charge in [0.05, 0.1) is 13.2 Å². The van der Waals surface area contributed by atoms with Gasteiger partial charge in [-0.3, -0.25) is 0 Å². The molecule has 3 rings (SSSR count). The van der Waals surface area contributed by atoms with Crippen molar-refractivity contribution in [1.29, 1.82) is 0 Å². The van der Waals surface area contributed by atoms with Crippen LogP contribution < -0.4 is 9.47 Å². The van der Waals surface area contributed by atoms with Gasteiger partial charge >= 0.3 is 6.18 Å². The first-order chi connectivity index (χ1) is 19.4. The molecule has 1 aliphatic rings. The Hall–Kier alpha value is -2.69. The van der Waals surface area contributed by atoms with Gasteiger partial charge in [0.1, 0.15) is 16.9 Å². The molecule has 2 nitrogen and oxygen atoms in total. The molecule has 0 radical (unpaired) electrons. The largest absolute Gasteiger partial charge is 0.494 e. The number of rotatable bonds is 18. The van der Waals surface area contributed by atoms with Crippen molar-refractivity contribution in [3.05, 3.63) is 77.9 Å². The highest BCUT2D eigenvalue weighted by Gasteiger charge is 2.58. The number of benzene rings is 2. The fraction of sp³-hybridized carbons (Fsp3) is 0.543. The van der Waals surface area contributed by atoms with Gasteiger partial charge in [0, 0.05) is 0 Å². The van der Waals surface area contributed by atoms with Crippen molar-refractivity contribution in [3.8, 4) is 11.5 Å². The highest BCUT2D eigenvalue weighted by Crippen LogP contribution is 2.54. The molecule has 0 N–H and O–H groups in total. The van der Waals surface area contributed by atoms with Gasteiger partial charge in [-0.15, -0.1) is 0 Å². The van der Waals surface area contributed by atoms with E-state index >= 15 is 0 Å². The smallest absolute Gasteiger partial charge is 0.402 e. The SMILES string of the molecule is CCCCCCCCOc1ccc(C2=CC=CCC2(c2ccc(OCCCCCCCC)cc2)C(F)(F)F)cc1. The predicted octanol–water partition coefficient (Wildman–Crippen LogP) is 11.0. The summed E-state index contributed by atoms with van der Waals surface area (Å²) in [6.45, 7) is 5.60. The highest BCUT2D eigenvalue weighted by molar-refractivity contribution is 5.79. The first-order valence-corrected chi connectivity index (χ1v) is 15.3. The van der Waals surface area contributed by atoms with Crippen LogP contribution in [0.2, 0.25) is 0 Å². The Balaban J connectivity index is 1.67. The van der Waals surface area contributed by atoms with Gasteiger partial charge in [-0.2, -0.15) is 13.2 Å². The van der Waals surface area contributed by atoms with E-state index in [2.05, 4.69) is 13.8 Å². The lowest BCUT2D eigenvalue weighted by Gasteiger charge is -2.39. The van der Waals surface area contributed by atoms with Crippen molar-refractivity contribution in [2.24, 2.45) is 0 Å². The van der Waals surface area contributed by atoms with Crippen LogP contribution in [0.4, 0.5) is 13.2 Å². The van der Waals surface area contributed by atoms with Crippen LogP contribution in [0.3, 0.4) is 0 Å². The molecule has 1 atom stereocenters. The van der Waals surface area contributed by atoms with E-state index in [0.717, 1.165) is 25.7 Å². The number of halogens is 3. The topological polar surface area (TPSA) is 18.5 Å². The third-order valence-electron chi connectivity index (χ3n) is 7.81. The van der Waals surface area contributed by atoms with Crippen LogP contribution in [0.15, 0.2) is 66.8 Å². The van der Waals surface area contributed by atoms with Gasteiger partial charge in [-0.1, -0.05) is 121 Å². The molecule has 1 unspecified atom stereocenters. The first-order valence-electron chi connectivity index (χ1n) is 15.3. The lowest BCUT2D eigenvalue weighted by molar-refractivity contribution is -0.172. The van der Waals surface area contributed by atoms with Crippen molar-refractivity contribution in [1.82, 2.24) is 0 Å². The van der Waals surface area contributed by atoms with Crippen molar-refractivity contribution >= 4 is 5.57 Å². The quantitative estimate of drug-likeness (QED) is 0.170. The number of ether oxygens (including phenoxy) is 2. The number of unbranched alkanes of at least 4 members (excludes halogenated alkanes) is 10. The van der Waals surface area contributed by atoms with E-state index in [1.54, 1.807) is 66.8 Å². The summed E-state index contributed by atoms with van der Waals surface area (Å²) < 4.78 is 56.6. The first kappa shape index (κ1) is 31.8. The molecular weight excluding hydrogens is 509 g/mol. The van der Waals surface area contributed by atoms with Gasteiger partial charge in [-0.05, 0) is 60.2 Å². The van der Waals surface area contributed by atoms with Gasteiger partial charge in [0.2, 0.25) is 0 Å². The Morgan fingerprint density at radius 2 is 1.12 bits per heavy atom. The fourth-order valence-corrected chi connectivity index (χ4v) is 5.42. The van der Waals surface area contributed by atoms with E-state index in [4.69, 9.17) is 9.47 Å². The molecule has 0 aromatic heterocycles. The van der Waals surface area contributed by atoms with Gasteiger partial charge in [0.15, 0.2) is 0 Å². The summed E-state index contributed by atoms with van der Waals surface area (Å²) in [5, 5.41) is 0. The highest BCUT2D eigenvalue weighted by atomic mass is 19.4. The molecule has 1 aliphatic carbocycles. The molecule has 5 heteroatoms. The van der Waals surface area contributed by atoms with Crippen LogP contribution in [0, 0.1) is 0 Å². The predicted molar refractivity (Wildman–Crippen MR) is 160 cm³/mol. The zero-order valence-electron chi connectivity index (χ0n) is 24.4. The minimum Gasteiger partial charge on any atom is -0.494 e. The van der Waals surface area contributed by atoms with E-state index in [1.807, 2.05) is 0 Å². The van der Waals surface area contributed by atoms with E-state index in [0.29, 0.717) is 30.3 Å². The monoisotopic (exact) mass is 556 g/mol. The maximum Gasteiger partial charge on any atom is 0.402 e. The summed E-state index contributed by atoms with van der Waals surface area (Å²) in [4.78, 5) is 0. The third-order valence-corrected chi connectivity index (χ3v) is 7.81. The van der Waals surface area contributed by atoms with E-state index < -0.39 is 11.6 Å². The summed E-state index contributed by atoms with van der Waals surface area (Å²) in [6, 6.07) is 13.6. The lowest BCUT2D eigenvalue weighted by Crippen LogP contribution is -2.44. The molecule has 0 spiro atoms. The normalized spacial score (nSPS) is 17.1. The minimum absolute atomic E-state index is 0.142. The van der Waals surface area contributed by atoms with Crippen molar-refractivity contribution in [2.75, 3.05) is 13.2 Å². The molecule has 0 amide bonds. The van der Waals surface area contributed by atoms with Crippen LogP contribution in [0.1, 0.15) is 108 Å². The standard InChI is InChI=1S/C35H47F3O2/c1-3-5-7-9-11-15-27-39-31-22-18-29(19-23-31)33-17-13-14-26-34(33,35(36,37)38)30-20-24-32(25-21-30)40-28-16-12-10-8-6-4-2/h13-14,17-25H,3-12,15-16,26-28H2,1-2H3. The third kappa shape index (κ3) is 8.91. The zero-order valence-corrected chi connectivity index (χ0v) is 24.4. The second-order valence-corrected chi connectivity index (χ2v) is 10.9. The second kappa shape index (κ2) is 16.5. The van der Waals surface area contributed by atoms with Crippen LogP contribution >= 0.6 is 0 Å². The van der Waals surface area contributed by atoms with Crippen LogP contribution in [-0.4, -0.2) is 19.4 Å². The Bertz CT molecular complexity index is 1040.